The Hall–Kier alpha value is -0.550. The molecule has 2 nitrogen and oxygen atoms in total. The number of nitrogens with one attached hydrogen (secondary N) is 1. The molecule has 0 rings (SSSR count). The molecule has 1 atom stereocenters. The van der Waals surface area contributed by atoms with Crippen LogP contribution in [0.1, 0.15) is 85.0 Å². The quantitative estimate of drug-likeness (QED) is 0.502. The van der Waals surface area contributed by atoms with Crippen LogP contribution in [0.5, 0.6) is 0 Å². The van der Waals surface area contributed by atoms with E-state index in [0.29, 0.717) is 0 Å². The second-order valence-electron chi connectivity index (χ2n) is 6.13. The number of hydrogen-bond acceptors (Lipinski definition) is 2. The van der Waals surface area contributed by atoms with Crippen molar-refractivity contribution in [3.05, 3.63) is 0 Å². The summed E-state index contributed by atoms with van der Waals surface area (Å²) < 4.78 is 0. The van der Waals surface area contributed by atoms with E-state index in [1.807, 2.05) is 7.05 Å². The standard InChI is InChI=1S/C17H34N2/c1-5-7-9-11-13-17(3,16(15-18)19-4)14-12-10-8-6-2/h16,19H,5-14H2,1-4H3. The van der Waals surface area contributed by atoms with Crippen LogP contribution in [0.25, 0.3) is 0 Å². The summed E-state index contributed by atoms with van der Waals surface area (Å²) in [6.07, 6.45) is 12.7. The average Bonchev–Trinajstić information content (AvgIpc) is 2.41. The normalized spacial score (nSPS) is 13.2. The molecule has 0 saturated heterocycles. The van der Waals surface area contributed by atoms with Crippen molar-refractivity contribution in [2.24, 2.45) is 5.41 Å². The molecule has 1 N–H and O–H groups in total. The molecule has 112 valence electrons. The lowest BCUT2D eigenvalue weighted by Crippen LogP contribution is -2.40. The molecule has 2 heteroatoms. The molecule has 0 bridgehead atoms. The molecule has 0 saturated carbocycles. The summed E-state index contributed by atoms with van der Waals surface area (Å²) in [4.78, 5) is 0. The molecule has 0 spiro atoms. The van der Waals surface area contributed by atoms with Crippen molar-refractivity contribution < 1.29 is 0 Å². The summed E-state index contributed by atoms with van der Waals surface area (Å²) in [5.41, 5.74) is 0.144. The fourth-order valence-electron chi connectivity index (χ4n) is 2.89. The van der Waals surface area contributed by atoms with Crippen molar-refractivity contribution in [2.45, 2.75) is 91.0 Å². The summed E-state index contributed by atoms with van der Waals surface area (Å²) in [5, 5.41) is 12.6. The molecular weight excluding hydrogens is 232 g/mol. The smallest absolute Gasteiger partial charge is 0.100 e. The van der Waals surface area contributed by atoms with Crippen LogP contribution in [0.3, 0.4) is 0 Å². The molecule has 19 heavy (non-hydrogen) atoms. The lowest BCUT2D eigenvalue weighted by Gasteiger charge is -2.34. The molecule has 0 aliphatic heterocycles. The highest BCUT2D eigenvalue weighted by Crippen LogP contribution is 2.34. The van der Waals surface area contributed by atoms with Crippen LogP contribution < -0.4 is 5.32 Å². The summed E-state index contributed by atoms with van der Waals surface area (Å²) in [5.74, 6) is 0. The van der Waals surface area contributed by atoms with Crippen LogP contribution in [0.4, 0.5) is 0 Å². The summed E-state index contributed by atoms with van der Waals surface area (Å²) >= 11 is 0. The second kappa shape index (κ2) is 11.3. The molecule has 0 heterocycles. The van der Waals surface area contributed by atoms with Crippen molar-refractivity contribution in [3.8, 4) is 6.07 Å². The lowest BCUT2D eigenvalue weighted by molar-refractivity contribution is 0.208. The molecule has 0 fully saturated rings. The second-order valence-corrected chi connectivity index (χ2v) is 6.13. The lowest BCUT2D eigenvalue weighted by atomic mass is 9.74. The van der Waals surface area contributed by atoms with Gasteiger partial charge in [-0.3, -0.25) is 0 Å². The van der Waals surface area contributed by atoms with Crippen LogP contribution in [0.2, 0.25) is 0 Å². The third-order valence-electron chi connectivity index (χ3n) is 4.32. The topological polar surface area (TPSA) is 35.8 Å². The fourth-order valence-corrected chi connectivity index (χ4v) is 2.89. The Morgan fingerprint density at radius 3 is 1.74 bits per heavy atom. The van der Waals surface area contributed by atoms with Crippen LogP contribution in [-0.4, -0.2) is 13.1 Å². The van der Waals surface area contributed by atoms with Gasteiger partial charge in [-0.25, -0.2) is 0 Å². The Morgan fingerprint density at radius 1 is 0.947 bits per heavy atom. The SMILES string of the molecule is CCCCCCC(C)(CCCCCC)C(C#N)NC. The van der Waals surface area contributed by atoms with Gasteiger partial charge in [0.2, 0.25) is 0 Å². The first kappa shape index (κ1) is 18.4. The minimum atomic E-state index is -0.00393. The van der Waals surface area contributed by atoms with Gasteiger partial charge < -0.3 is 5.32 Å². The summed E-state index contributed by atoms with van der Waals surface area (Å²) in [7, 11) is 1.92. The van der Waals surface area contributed by atoms with Gasteiger partial charge in [-0.2, -0.15) is 5.26 Å². The van der Waals surface area contributed by atoms with Crippen molar-refractivity contribution in [1.82, 2.24) is 5.32 Å². The Morgan fingerprint density at radius 2 is 1.42 bits per heavy atom. The van der Waals surface area contributed by atoms with E-state index >= 15 is 0 Å². The molecule has 0 radical (unpaired) electrons. The van der Waals surface area contributed by atoms with Gasteiger partial charge in [-0.15, -0.1) is 0 Å². The minimum absolute atomic E-state index is 0.00393. The van der Waals surface area contributed by atoms with Crippen molar-refractivity contribution in [2.75, 3.05) is 7.05 Å². The van der Waals surface area contributed by atoms with Crippen molar-refractivity contribution >= 4 is 0 Å². The number of nitriles is 1. The zero-order chi connectivity index (χ0) is 14.6. The number of hydrogen-bond donors (Lipinski definition) is 1. The van der Waals surface area contributed by atoms with E-state index in [2.05, 4.69) is 32.2 Å². The van der Waals surface area contributed by atoms with Crippen molar-refractivity contribution in [1.29, 1.82) is 5.26 Å². The van der Waals surface area contributed by atoms with E-state index in [1.54, 1.807) is 0 Å². The van der Waals surface area contributed by atoms with Crippen molar-refractivity contribution in [3.63, 3.8) is 0 Å². The van der Waals surface area contributed by atoms with Gasteiger partial charge in [0.1, 0.15) is 6.04 Å². The summed E-state index contributed by atoms with van der Waals surface area (Å²) in [6.45, 7) is 6.79. The Labute approximate surface area is 121 Å². The van der Waals surface area contributed by atoms with Crippen LogP contribution >= 0.6 is 0 Å². The van der Waals surface area contributed by atoms with Gasteiger partial charge in [0, 0.05) is 0 Å². The van der Waals surface area contributed by atoms with E-state index < -0.39 is 0 Å². The Kier molecular flexibility index (Phi) is 11.0. The van der Waals surface area contributed by atoms with E-state index in [0.717, 1.165) is 0 Å². The van der Waals surface area contributed by atoms with Gasteiger partial charge in [0.05, 0.1) is 6.07 Å². The van der Waals surface area contributed by atoms with E-state index in [4.69, 9.17) is 0 Å². The molecular formula is C17H34N2. The Balaban J connectivity index is 4.32. The molecule has 0 aromatic carbocycles. The predicted octanol–water partition coefficient (Wildman–Crippen LogP) is 5.05. The highest BCUT2D eigenvalue weighted by molar-refractivity contribution is 5.01. The number of nitrogens with zero attached hydrogens (tertiary/aromatic N) is 1. The van der Waals surface area contributed by atoms with Gasteiger partial charge in [0.25, 0.3) is 0 Å². The fraction of sp³-hybridized carbons (Fsp3) is 0.941. The predicted molar refractivity (Wildman–Crippen MR) is 84.1 cm³/mol. The number of rotatable bonds is 12. The van der Waals surface area contributed by atoms with E-state index in [1.165, 1.54) is 64.2 Å². The molecule has 0 aliphatic carbocycles. The zero-order valence-electron chi connectivity index (χ0n) is 13.6. The maximum atomic E-state index is 9.35. The molecule has 0 amide bonds. The third kappa shape index (κ3) is 7.57. The first-order valence-corrected chi connectivity index (χ1v) is 8.21. The Bertz CT molecular complexity index is 230. The van der Waals surface area contributed by atoms with Gasteiger partial charge in [0.15, 0.2) is 0 Å². The first-order chi connectivity index (χ1) is 9.14. The average molecular weight is 266 g/mol. The first-order valence-electron chi connectivity index (χ1n) is 8.21. The molecule has 1 unspecified atom stereocenters. The summed E-state index contributed by atoms with van der Waals surface area (Å²) in [6, 6.07) is 2.46. The third-order valence-corrected chi connectivity index (χ3v) is 4.32. The maximum absolute atomic E-state index is 9.35. The van der Waals surface area contributed by atoms with Gasteiger partial charge in [-0.05, 0) is 25.3 Å². The molecule has 0 aromatic rings. The minimum Gasteiger partial charge on any atom is -0.305 e. The van der Waals surface area contributed by atoms with Crippen LogP contribution in [0, 0.1) is 16.7 Å². The van der Waals surface area contributed by atoms with Gasteiger partial charge in [-0.1, -0.05) is 72.1 Å². The monoisotopic (exact) mass is 266 g/mol. The molecule has 0 aliphatic rings. The number of unbranched alkanes of at least 4 members (excludes halogenated alkanes) is 6. The molecule has 0 aromatic heterocycles. The highest BCUT2D eigenvalue weighted by Gasteiger charge is 2.32. The largest absolute Gasteiger partial charge is 0.305 e. The van der Waals surface area contributed by atoms with Crippen LogP contribution in [-0.2, 0) is 0 Å². The van der Waals surface area contributed by atoms with Crippen LogP contribution in [0.15, 0.2) is 0 Å². The van der Waals surface area contributed by atoms with E-state index in [9.17, 15) is 5.26 Å². The zero-order valence-corrected chi connectivity index (χ0v) is 13.6. The highest BCUT2D eigenvalue weighted by atomic mass is 14.9. The van der Waals surface area contributed by atoms with Gasteiger partial charge >= 0.3 is 0 Å². The van der Waals surface area contributed by atoms with E-state index in [-0.39, 0.29) is 11.5 Å². The maximum Gasteiger partial charge on any atom is 0.100 e.